The van der Waals surface area contributed by atoms with Gasteiger partial charge >= 0.3 is 0 Å². The quantitative estimate of drug-likeness (QED) is 0.432. The Labute approximate surface area is 192 Å². The second kappa shape index (κ2) is 10.2. The molecule has 1 saturated heterocycles. The first-order valence-corrected chi connectivity index (χ1v) is 11.5. The maximum Gasteiger partial charge on any atom is 0.252 e. The van der Waals surface area contributed by atoms with Gasteiger partial charge in [-0.05, 0) is 36.4 Å². The predicted molar refractivity (Wildman–Crippen MR) is 120 cm³/mol. The molecule has 33 heavy (non-hydrogen) atoms. The minimum atomic E-state index is -4.16. The smallest absolute Gasteiger partial charge is 0.252 e. The summed E-state index contributed by atoms with van der Waals surface area (Å²) in [5.74, 6) is -1.49. The number of anilines is 2. The van der Waals surface area contributed by atoms with Crippen molar-refractivity contribution in [2.45, 2.75) is 30.6 Å². The van der Waals surface area contributed by atoms with Crippen molar-refractivity contribution in [3.63, 3.8) is 0 Å². The fourth-order valence-electron chi connectivity index (χ4n) is 3.52. The fourth-order valence-corrected chi connectivity index (χ4v) is 5.11. The number of imide groups is 1. The van der Waals surface area contributed by atoms with E-state index in [1.54, 1.807) is 30.3 Å². The summed E-state index contributed by atoms with van der Waals surface area (Å²) in [6.07, 6.45) is -1.28. The molecule has 11 heteroatoms. The molecule has 0 bridgehead atoms. The Kier molecular flexibility index (Phi) is 7.59. The van der Waals surface area contributed by atoms with Crippen LogP contribution in [0.3, 0.4) is 0 Å². The topological polar surface area (TPSA) is 122 Å². The number of methoxy groups -OCH3 is 2. The van der Waals surface area contributed by atoms with Gasteiger partial charge in [-0.25, -0.2) is 13.3 Å². The van der Waals surface area contributed by atoms with Crippen LogP contribution in [0, 0.1) is 0 Å². The number of sulfonamides is 1. The third-order valence-corrected chi connectivity index (χ3v) is 7.01. The molecule has 1 fully saturated rings. The van der Waals surface area contributed by atoms with Gasteiger partial charge in [0, 0.05) is 26.8 Å². The van der Waals surface area contributed by atoms with Crippen LogP contribution in [0.25, 0.3) is 0 Å². The lowest BCUT2D eigenvalue weighted by atomic mass is 10.2. The zero-order valence-corrected chi connectivity index (χ0v) is 19.2. The number of hydrogen-bond acceptors (Lipinski definition) is 7. The van der Waals surface area contributed by atoms with Crippen molar-refractivity contribution < 1.29 is 32.3 Å². The maximum absolute atomic E-state index is 13.4. The Bertz CT molecular complexity index is 1120. The molecular weight excluding hydrogens is 450 g/mol. The molecule has 1 aliphatic rings. The van der Waals surface area contributed by atoms with Crippen molar-refractivity contribution in [2.75, 3.05) is 31.0 Å². The third-order valence-electron chi connectivity index (χ3n) is 5.12. The predicted octanol–water partition coefficient (Wildman–Crippen LogP) is 1.59. The Morgan fingerprint density at radius 1 is 1.09 bits per heavy atom. The summed E-state index contributed by atoms with van der Waals surface area (Å²) in [6.45, 7) is 1.07. The molecule has 176 valence electrons. The van der Waals surface area contributed by atoms with Gasteiger partial charge in [0.25, 0.3) is 5.91 Å². The van der Waals surface area contributed by atoms with Gasteiger partial charge in [0.2, 0.25) is 21.8 Å². The molecule has 0 saturated carbocycles. The first-order chi connectivity index (χ1) is 15.7. The SMILES string of the molecule is COC(CN(C1CC(=O)N(c2ccc(NC(C)=O)cc2)C1=O)S(=O)(=O)c1ccccc1)OC. The van der Waals surface area contributed by atoms with Gasteiger partial charge in [0.1, 0.15) is 6.04 Å². The number of ether oxygens (including phenoxy) is 2. The summed E-state index contributed by atoms with van der Waals surface area (Å²) >= 11 is 0. The molecule has 0 aromatic heterocycles. The van der Waals surface area contributed by atoms with E-state index in [1.165, 1.54) is 45.4 Å². The van der Waals surface area contributed by atoms with Gasteiger partial charge in [-0.3, -0.25) is 14.4 Å². The molecule has 1 atom stereocenters. The number of amides is 3. The van der Waals surface area contributed by atoms with Crippen molar-refractivity contribution in [3.8, 4) is 0 Å². The van der Waals surface area contributed by atoms with E-state index in [0.717, 1.165) is 9.21 Å². The summed E-state index contributed by atoms with van der Waals surface area (Å²) in [5, 5.41) is 2.60. The van der Waals surface area contributed by atoms with Crippen LogP contribution in [0.15, 0.2) is 59.5 Å². The maximum atomic E-state index is 13.4. The molecule has 2 aromatic carbocycles. The van der Waals surface area contributed by atoms with Crippen LogP contribution in [0.4, 0.5) is 11.4 Å². The number of nitrogens with zero attached hydrogens (tertiary/aromatic N) is 2. The highest BCUT2D eigenvalue weighted by molar-refractivity contribution is 7.89. The lowest BCUT2D eigenvalue weighted by Crippen LogP contribution is -2.49. The summed E-state index contributed by atoms with van der Waals surface area (Å²) in [4.78, 5) is 38.2. The van der Waals surface area contributed by atoms with Gasteiger partial charge in [-0.15, -0.1) is 0 Å². The van der Waals surface area contributed by atoms with Crippen LogP contribution in [0.1, 0.15) is 13.3 Å². The van der Waals surface area contributed by atoms with E-state index in [0.29, 0.717) is 5.69 Å². The molecular formula is C22H25N3O7S. The van der Waals surface area contributed by atoms with Gasteiger partial charge in [0.05, 0.1) is 23.5 Å². The van der Waals surface area contributed by atoms with Gasteiger partial charge in [-0.2, -0.15) is 4.31 Å². The minimum Gasteiger partial charge on any atom is -0.354 e. The highest BCUT2D eigenvalue weighted by Crippen LogP contribution is 2.30. The lowest BCUT2D eigenvalue weighted by molar-refractivity contribution is -0.126. The number of benzene rings is 2. The second-order valence-corrected chi connectivity index (χ2v) is 9.19. The summed E-state index contributed by atoms with van der Waals surface area (Å²) in [5.41, 5.74) is 0.770. The molecule has 0 spiro atoms. The van der Waals surface area contributed by atoms with E-state index in [2.05, 4.69) is 5.32 Å². The normalized spacial score (nSPS) is 16.6. The van der Waals surface area contributed by atoms with Crippen LogP contribution < -0.4 is 10.2 Å². The summed E-state index contributed by atoms with van der Waals surface area (Å²) < 4.78 is 38.1. The van der Waals surface area contributed by atoms with Gasteiger partial charge in [0.15, 0.2) is 6.29 Å². The number of nitrogens with one attached hydrogen (secondary N) is 1. The minimum absolute atomic E-state index is 0.0192. The van der Waals surface area contributed by atoms with Gasteiger partial charge in [-0.1, -0.05) is 18.2 Å². The Balaban J connectivity index is 1.95. The zero-order valence-electron chi connectivity index (χ0n) is 18.4. The Morgan fingerprint density at radius 3 is 2.24 bits per heavy atom. The first kappa shape index (κ1) is 24.5. The average molecular weight is 476 g/mol. The Hall–Kier alpha value is -3.12. The molecule has 1 heterocycles. The summed E-state index contributed by atoms with van der Waals surface area (Å²) in [7, 11) is -1.45. The second-order valence-electron chi connectivity index (χ2n) is 7.30. The van der Waals surface area contributed by atoms with E-state index in [9.17, 15) is 22.8 Å². The lowest BCUT2D eigenvalue weighted by Gasteiger charge is -2.29. The van der Waals surface area contributed by atoms with Crippen LogP contribution in [-0.4, -0.2) is 63.5 Å². The number of rotatable bonds is 9. The molecule has 1 N–H and O–H groups in total. The van der Waals surface area contributed by atoms with Crippen LogP contribution in [0.2, 0.25) is 0 Å². The number of hydrogen-bond donors (Lipinski definition) is 1. The van der Waals surface area contributed by atoms with Crippen molar-refractivity contribution in [2.24, 2.45) is 0 Å². The highest BCUT2D eigenvalue weighted by atomic mass is 32.2. The van der Waals surface area contributed by atoms with E-state index in [1.807, 2.05) is 0 Å². The monoisotopic (exact) mass is 475 g/mol. The first-order valence-electron chi connectivity index (χ1n) is 10.1. The molecule has 2 aromatic rings. The van der Waals surface area contributed by atoms with Crippen molar-refractivity contribution >= 4 is 39.1 Å². The largest absolute Gasteiger partial charge is 0.354 e. The van der Waals surface area contributed by atoms with E-state index in [4.69, 9.17) is 9.47 Å². The van der Waals surface area contributed by atoms with E-state index in [-0.39, 0.29) is 29.5 Å². The molecule has 0 aliphatic carbocycles. The molecule has 1 unspecified atom stereocenters. The molecule has 1 aliphatic heterocycles. The molecule has 3 amide bonds. The summed E-state index contributed by atoms with van der Waals surface area (Å²) in [6, 6.07) is 12.5. The van der Waals surface area contributed by atoms with Crippen LogP contribution in [0.5, 0.6) is 0 Å². The zero-order chi connectivity index (χ0) is 24.2. The highest BCUT2D eigenvalue weighted by Gasteiger charge is 2.47. The van der Waals surface area contributed by atoms with Gasteiger partial charge < -0.3 is 14.8 Å². The van der Waals surface area contributed by atoms with Crippen molar-refractivity contribution in [1.29, 1.82) is 0 Å². The van der Waals surface area contributed by atoms with E-state index >= 15 is 0 Å². The van der Waals surface area contributed by atoms with Crippen LogP contribution in [-0.2, 0) is 33.9 Å². The molecule has 0 radical (unpaired) electrons. The standard InChI is InChI=1S/C22H25N3O7S/c1-15(26)23-16-9-11-17(12-10-16)25-20(27)13-19(22(25)28)24(14-21(31-2)32-3)33(29,30)18-7-5-4-6-8-18/h4-12,19,21H,13-14H2,1-3H3,(H,23,26). The Morgan fingerprint density at radius 2 is 1.70 bits per heavy atom. The average Bonchev–Trinajstić information content (AvgIpc) is 3.08. The van der Waals surface area contributed by atoms with Crippen LogP contribution >= 0.6 is 0 Å². The fraction of sp³-hybridized carbons (Fsp3) is 0.318. The molecule has 3 rings (SSSR count). The number of carbonyl (C=O) groups is 3. The van der Waals surface area contributed by atoms with E-state index < -0.39 is 34.2 Å². The molecule has 10 nitrogen and oxygen atoms in total. The van der Waals surface area contributed by atoms with Crippen molar-refractivity contribution in [1.82, 2.24) is 4.31 Å². The number of carbonyl (C=O) groups excluding carboxylic acids is 3. The van der Waals surface area contributed by atoms with Crippen molar-refractivity contribution in [3.05, 3.63) is 54.6 Å². The third kappa shape index (κ3) is 5.28.